The summed E-state index contributed by atoms with van der Waals surface area (Å²) in [5, 5.41) is 0. The van der Waals surface area contributed by atoms with Gasteiger partial charge in [-0.3, -0.25) is 0 Å². The Morgan fingerprint density at radius 2 is 2.09 bits per heavy atom. The maximum atomic E-state index is 13.1. The van der Waals surface area contributed by atoms with Gasteiger partial charge in [0, 0.05) is 12.3 Å². The number of fused-ring (bicyclic) bond motifs is 1. The second kappa shape index (κ2) is 2.33. The Labute approximate surface area is 66.1 Å². The van der Waals surface area contributed by atoms with Gasteiger partial charge in [-0.1, -0.05) is 31.2 Å². The smallest absolute Gasteiger partial charge is 0.111 e. The molecule has 1 heteroatoms. The van der Waals surface area contributed by atoms with Crippen molar-refractivity contribution in [3.05, 3.63) is 35.4 Å². The molecule has 58 valence electrons. The van der Waals surface area contributed by atoms with Crippen LogP contribution in [0.4, 0.5) is 4.39 Å². The van der Waals surface area contributed by atoms with Crippen LogP contribution in [0.1, 0.15) is 24.0 Å². The Hall–Kier alpha value is -0.850. The summed E-state index contributed by atoms with van der Waals surface area (Å²) in [5.41, 5.74) is 2.38. The Kier molecular flexibility index (Phi) is 1.45. The zero-order valence-corrected chi connectivity index (χ0v) is 6.55. The van der Waals surface area contributed by atoms with Crippen LogP contribution in [0.2, 0.25) is 0 Å². The van der Waals surface area contributed by atoms with Crippen molar-refractivity contribution >= 4 is 0 Å². The minimum Gasteiger partial charge on any atom is -0.246 e. The van der Waals surface area contributed by atoms with E-state index in [1.54, 1.807) is 0 Å². The molecule has 0 fully saturated rings. The van der Waals surface area contributed by atoms with Crippen molar-refractivity contribution in [3.8, 4) is 0 Å². The zero-order valence-electron chi connectivity index (χ0n) is 6.55. The van der Waals surface area contributed by atoms with Crippen LogP contribution < -0.4 is 0 Å². The molecule has 1 aromatic rings. The lowest BCUT2D eigenvalue weighted by Crippen LogP contribution is -2.02. The average molecular weight is 150 g/mol. The van der Waals surface area contributed by atoms with Crippen LogP contribution in [0.25, 0.3) is 0 Å². The number of hydrogen-bond donors (Lipinski definition) is 0. The molecule has 0 aromatic heterocycles. The van der Waals surface area contributed by atoms with Gasteiger partial charge >= 0.3 is 0 Å². The van der Waals surface area contributed by atoms with Gasteiger partial charge < -0.3 is 0 Å². The van der Waals surface area contributed by atoms with Gasteiger partial charge in [0.2, 0.25) is 0 Å². The summed E-state index contributed by atoms with van der Waals surface area (Å²) >= 11 is 0. The largest absolute Gasteiger partial charge is 0.246 e. The van der Waals surface area contributed by atoms with E-state index in [4.69, 9.17) is 0 Å². The summed E-state index contributed by atoms with van der Waals surface area (Å²) in [6, 6.07) is 8.00. The van der Waals surface area contributed by atoms with Gasteiger partial charge in [0.15, 0.2) is 0 Å². The molecule has 0 amide bonds. The SMILES string of the molecule is C[C@@H]1c2ccccc2C[C@H]1F. The van der Waals surface area contributed by atoms with Gasteiger partial charge in [-0.25, -0.2) is 4.39 Å². The van der Waals surface area contributed by atoms with Gasteiger partial charge in [-0.15, -0.1) is 0 Å². The summed E-state index contributed by atoms with van der Waals surface area (Å²) in [4.78, 5) is 0. The molecule has 1 aromatic carbocycles. The predicted molar refractivity (Wildman–Crippen MR) is 43.5 cm³/mol. The van der Waals surface area contributed by atoms with Crippen LogP contribution in [0, 0.1) is 0 Å². The van der Waals surface area contributed by atoms with E-state index in [0.717, 1.165) is 0 Å². The van der Waals surface area contributed by atoms with Gasteiger partial charge in [0.1, 0.15) is 6.17 Å². The van der Waals surface area contributed by atoms with Crippen molar-refractivity contribution in [2.24, 2.45) is 0 Å². The molecule has 0 aliphatic heterocycles. The minimum absolute atomic E-state index is 0.103. The molecule has 0 bridgehead atoms. The minimum atomic E-state index is -0.660. The third-order valence-corrected chi connectivity index (χ3v) is 2.50. The predicted octanol–water partition coefficient (Wildman–Crippen LogP) is 2.68. The molecule has 0 nitrogen and oxygen atoms in total. The molecule has 2 atom stereocenters. The molecule has 0 spiro atoms. The van der Waals surface area contributed by atoms with Gasteiger partial charge in [-0.2, -0.15) is 0 Å². The molecule has 0 N–H and O–H groups in total. The summed E-state index contributed by atoms with van der Waals surface area (Å²) in [6.45, 7) is 1.95. The highest BCUT2D eigenvalue weighted by Crippen LogP contribution is 2.34. The fourth-order valence-electron chi connectivity index (χ4n) is 1.75. The standard InChI is InChI=1S/C10H11F/c1-7-9-5-3-2-4-8(9)6-10(7)11/h2-5,7,10H,6H2,1H3/t7-,10-/m1/s1. The number of benzene rings is 1. The van der Waals surface area contributed by atoms with Crippen molar-refractivity contribution in [3.63, 3.8) is 0 Å². The van der Waals surface area contributed by atoms with Crippen molar-refractivity contribution in [1.82, 2.24) is 0 Å². The van der Waals surface area contributed by atoms with Crippen molar-refractivity contribution in [2.75, 3.05) is 0 Å². The second-order valence-electron chi connectivity index (χ2n) is 3.21. The van der Waals surface area contributed by atoms with Gasteiger partial charge in [0.25, 0.3) is 0 Å². The molecule has 0 radical (unpaired) electrons. The van der Waals surface area contributed by atoms with Gasteiger partial charge in [-0.05, 0) is 11.1 Å². The first-order valence-corrected chi connectivity index (χ1v) is 4.01. The van der Waals surface area contributed by atoms with E-state index >= 15 is 0 Å². The molecular weight excluding hydrogens is 139 g/mol. The Morgan fingerprint density at radius 1 is 1.36 bits per heavy atom. The number of halogens is 1. The van der Waals surface area contributed by atoms with E-state index in [0.29, 0.717) is 6.42 Å². The Morgan fingerprint density at radius 3 is 2.82 bits per heavy atom. The zero-order chi connectivity index (χ0) is 7.84. The first-order chi connectivity index (χ1) is 5.29. The van der Waals surface area contributed by atoms with E-state index in [1.165, 1.54) is 11.1 Å². The number of alkyl halides is 1. The van der Waals surface area contributed by atoms with E-state index in [-0.39, 0.29) is 5.92 Å². The molecule has 0 unspecified atom stereocenters. The van der Waals surface area contributed by atoms with E-state index in [1.807, 2.05) is 31.2 Å². The molecule has 0 saturated carbocycles. The summed E-state index contributed by atoms with van der Waals surface area (Å²) in [5.74, 6) is 0.103. The van der Waals surface area contributed by atoms with Crippen molar-refractivity contribution < 1.29 is 4.39 Å². The van der Waals surface area contributed by atoms with Crippen LogP contribution in [-0.4, -0.2) is 6.17 Å². The summed E-state index contributed by atoms with van der Waals surface area (Å²) < 4.78 is 13.1. The Balaban J connectivity index is 2.47. The molecule has 11 heavy (non-hydrogen) atoms. The van der Waals surface area contributed by atoms with Crippen molar-refractivity contribution in [2.45, 2.75) is 25.4 Å². The fourth-order valence-corrected chi connectivity index (χ4v) is 1.75. The lowest BCUT2D eigenvalue weighted by molar-refractivity contribution is 0.311. The molecule has 1 aliphatic rings. The summed E-state index contributed by atoms with van der Waals surface area (Å²) in [7, 11) is 0. The van der Waals surface area contributed by atoms with Crippen LogP contribution in [-0.2, 0) is 6.42 Å². The number of hydrogen-bond acceptors (Lipinski definition) is 0. The lowest BCUT2D eigenvalue weighted by Gasteiger charge is -2.05. The average Bonchev–Trinajstić information content (AvgIpc) is 2.30. The Bertz CT molecular complexity index is 267. The molecule has 2 rings (SSSR count). The fraction of sp³-hybridized carbons (Fsp3) is 0.400. The van der Waals surface area contributed by atoms with Crippen LogP contribution in [0.3, 0.4) is 0 Å². The van der Waals surface area contributed by atoms with Crippen molar-refractivity contribution in [1.29, 1.82) is 0 Å². The molecular formula is C10H11F. The van der Waals surface area contributed by atoms with Crippen LogP contribution >= 0.6 is 0 Å². The molecule has 0 heterocycles. The second-order valence-corrected chi connectivity index (χ2v) is 3.21. The number of rotatable bonds is 0. The van der Waals surface area contributed by atoms with E-state index < -0.39 is 6.17 Å². The maximum Gasteiger partial charge on any atom is 0.111 e. The quantitative estimate of drug-likeness (QED) is 0.533. The highest BCUT2D eigenvalue weighted by molar-refractivity contribution is 5.36. The first kappa shape index (κ1) is 6.84. The summed E-state index contributed by atoms with van der Waals surface area (Å²) in [6.07, 6.45) is -0.0513. The lowest BCUT2D eigenvalue weighted by atomic mass is 10.0. The molecule has 0 saturated heterocycles. The third kappa shape index (κ3) is 0.953. The highest BCUT2D eigenvalue weighted by atomic mass is 19.1. The first-order valence-electron chi connectivity index (χ1n) is 4.01. The monoisotopic (exact) mass is 150 g/mol. The highest BCUT2D eigenvalue weighted by Gasteiger charge is 2.27. The molecule has 1 aliphatic carbocycles. The van der Waals surface area contributed by atoms with E-state index in [9.17, 15) is 4.39 Å². The van der Waals surface area contributed by atoms with E-state index in [2.05, 4.69) is 0 Å². The van der Waals surface area contributed by atoms with Crippen LogP contribution in [0.5, 0.6) is 0 Å². The van der Waals surface area contributed by atoms with Gasteiger partial charge in [0.05, 0.1) is 0 Å². The maximum absolute atomic E-state index is 13.1. The topological polar surface area (TPSA) is 0 Å². The normalized spacial score (nSPS) is 28.5. The third-order valence-electron chi connectivity index (χ3n) is 2.50. The van der Waals surface area contributed by atoms with Crippen LogP contribution in [0.15, 0.2) is 24.3 Å².